The Morgan fingerprint density at radius 3 is 2.12 bits per heavy atom. The Hall–Kier alpha value is -0.160. The number of hydrogen-bond acceptors (Lipinski definition) is 4. The van der Waals surface area contributed by atoms with Gasteiger partial charge in [-0.15, -0.1) is 0 Å². The Labute approximate surface area is 154 Å². The normalized spacial score (nSPS) is 36.1. The fourth-order valence-electron chi connectivity index (χ4n) is 5.50. The van der Waals surface area contributed by atoms with Gasteiger partial charge in [0.2, 0.25) is 0 Å². The largest absolute Gasteiger partial charge is 0.762 e. The van der Waals surface area contributed by atoms with Crippen molar-refractivity contribution in [3.63, 3.8) is 0 Å². The summed E-state index contributed by atoms with van der Waals surface area (Å²) in [5, 5.41) is 14.0. The smallest absolute Gasteiger partial charge is 0.0806 e. The van der Waals surface area contributed by atoms with Crippen molar-refractivity contribution in [3.05, 3.63) is 5.21 Å². The lowest BCUT2D eigenvalue weighted by Gasteiger charge is -2.48. The summed E-state index contributed by atoms with van der Waals surface area (Å²) in [5.74, 6) is 1.29. The Bertz CT molecular complexity index is 370. The fraction of sp³-hybridized carbons (Fsp3) is 1.00. The van der Waals surface area contributed by atoms with Crippen molar-refractivity contribution in [1.29, 1.82) is 0 Å². The van der Waals surface area contributed by atoms with Gasteiger partial charge in [-0.1, -0.05) is 57.8 Å². The summed E-state index contributed by atoms with van der Waals surface area (Å²) in [6, 6.07) is 0.0843. The lowest BCUT2D eigenvalue weighted by Crippen LogP contribution is -2.45. The number of rotatable bonds is 5. The van der Waals surface area contributed by atoms with Gasteiger partial charge in [-0.2, -0.15) is 0 Å². The maximum absolute atomic E-state index is 12.9. The molecule has 3 aliphatic carbocycles. The van der Waals surface area contributed by atoms with Crippen molar-refractivity contribution in [3.8, 4) is 0 Å². The third-order valence-corrected chi connectivity index (χ3v) is 6.97. The molecule has 0 amide bonds. The molecule has 4 unspecified atom stereocenters. The van der Waals surface area contributed by atoms with E-state index >= 15 is 0 Å². The van der Waals surface area contributed by atoms with E-state index in [0.717, 1.165) is 43.2 Å². The minimum Gasteiger partial charge on any atom is -0.762 e. The average Bonchev–Trinajstić information content (AvgIpc) is 2.62. The second kappa shape index (κ2) is 10.2. The average molecular weight is 353 g/mol. The first-order valence-electron chi connectivity index (χ1n) is 10.9. The molecule has 0 radical (unpaired) electrons. The molecule has 146 valence electrons. The maximum atomic E-state index is 12.9. The highest BCUT2D eigenvalue weighted by molar-refractivity contribution is 4.87. The number of hydroxylamine groups is 2. The van der Waals surface area contributed by atoms with Gasteiger partial charge in [0.05, 0.1) is 12.2 Å². The Balaban J connectivity index is 1.57. The van der Waals surface area contributed by atoms with Crippen LogP contribution in [0.2, 0.25) is 0 Å². The molecule has 0 bridgehead atoms. The molecule has 0 saturated heterocycles. The highest BCUT2D eigenvalue weighted by Crippen LogP contribution is 2.40. The molecule has 3 fully saturated rings. The van der Waals surface area contributed by atoms with Crippen molar-refractivity contribution >= 4 is 0 Å². The Kier molecular flexibility index (Phi) is 8.03. The van der Waals surface area contributed by atoms with Crippen LogP contribution in [-0.4, -0.2) is 30.6 Å². The summed E-state index contributed by atoms with van der Waals surface area (Å²) in [6.07, 6.45) is 18.6. The molecule has 3 saturated carbocycles. The summed E-state index contributed by atoms with van der Waals surface area (Å²) in [7, 11) is 1.77. The molecule has 0 heterocycles. The monoisotopic (exact) mass is 352 g/mol. The molecule has 4 nitrogen and oxygen atoms in total. The first-order valence-corrected chi connectivity index (χ1v) is 10.9. The second-order valence-electron chi connectivity index (χ2n) is 8.66. The van der Waals surface area contributed by atoms with Crippen LogP contribution < -0.4 is 0 Å². The van der Waals surface area contributed by atoms with E-state index in [-0.39, 0.29) is 18.2 Å². The number of ether oxygens (including phenoxy) is 1. The van der Waals surface area contributed by atoms with Crippen molar-refractivity contribution in [1.82, 2.24) is 5.23 Å². The van der Waals surface area contributed by atoms with Gasteiger partial charge in [-0.25, -0.2) is 0 Å². The lowest BCUT2D eigenvalue weighted by molar-refractivity contribution is -0.220. The predicted molar refractivity (Wildman–Crippen MR) is 101 cm³/mol. The van der Waals surface area contributed by atoms with Gasteiger partial charge in [0, 0.05) is 19.6 Å². The van der Waals surface area contributed by atoms with Crippen molar-refractivity contribution < 1.29 is 9.57 Å². The Morgan fingerprint density at radius 2 is 1.36 bits per heavy atom. The molecule has 0 aromatic rings. The first-order chi connectivity index (χ1) is 12.3. The van der Waals surface area contributed by atoms with E-state index in [1.807, 2.05) is 0 Å². The minimum absolute atomic E-state index is 0.0520. The molecule has 4 atom stereocenters. The van der Waals surface area contributed by atoms with Gasteiger partial charge in [0.15, 0.2) is 0 Å². The molecule has 0 aliphatic heterocycles. The summed E-state index contributed by atoms with van der Waals surface area (Å²) in [6.45, 7) is 0. The minimum atomic E-state index is 0.0520. The Morgan fingerprint density at radius 1 is 0.720 bits per heavy atom. The van der Waals surface area contributed by atoms with Crippen molar-refractivity contribution in [2.45, 2.75) is 115 Å². The van der Waals surface area contributed by atoms with Gasteiger partial charge in [-0.3, -0.25) is 5.23 Å². The lowest BCUT2D eigenvalue weighted by atomic mass is 9.72. The van der Waals surface area contributed by atoms with E-state index in [2.05, 4.69) is 0 Å². The summed E-state index contributed by atoms with van der Waals surface area (Å²) >= 11 is 0. The molecule has 3 rings (SSSR count). The molecule has 25 heavy (non-hydrogen) atoms. The van der Waals surface area contributed by atoms with E-state index in [0.29, 0.717) is 5.92 Å². The van der Waals surface area contributed by atoms with Gasteiger partial charge in [0.25, 0.3) is 0 Å². The SMILES string of the molecule is COC1CCCC(ON([O-])C2CCCCC2C2CCCCCCC2)C1. The summed E-state index contributed by atoms with van der Waals surface area (Å²) < 4.78 is 5.49. The van der Waals surface area contributed by atoms with E-state index in [9.17, 15) is 5.21 Å². The van der Waals surface area contributed by atoms with Crippen LogP contribution in [0.4, 0.5) is 0 Å². The number of hydrogen-bond donors (Lipinski definition) is 0. The van der Waals surface area contributed by atoms with Crippen LogP contribution in [0.25, 0.3) is 0 Å². The van der Waals surface area contributed by atoms with Crippen LogP contribution in [0.3, 0.4) is 0 Å². The standard InChI is InChI=1S/C21H38NO3/c1-24-18-12-9-13-19(16-18)25-22(23)21-15-8-7-14-20(21)17-10-5-3-2-4-6-11-17/h17-21H,2-16H2,1H3/q-1. The molecule has 0 aromatic heterocycles. The zero-order valence-corrected chi connectivity index (χ0v) is 16.2. The third-order valence-electron chi connectivity index (χ3n) is 6.97. The topological polar surface area (TPSA) is 44.8 Å². The van der Waals surface area contributed by atoms with Gasteiger partial charge in [0.1, 0.15) is 0 Å². The first kappa shape index (κ1) is 19.6. The highest BCUT2D eigenvalue weighted by atomic mass is 16.9. The van der Waals surface area contributed by atoms with Gasteiger partial charge < -0.3 is 14.8 Å². The van der Waals surface area contributed by atoms with Crippen LogP contribution in [0, 0.1) is 17.0 Å². The van der Waals surface area contributed by atoms with E-state index in [4.69, 9.17) is 9.57 Å². The molecule has 0 aromatic carbocycles. The van der Waals surface area contributed by atoms with E-state index < -0.39 is 0 Å². The quantitative estimate of drug-likeness (QED) is 0.605. The molecular weight excluding hydrogens is 314 g/mol. The number of nitrogens with zero attached hydrogens (tertiary/aromatic N) is 1. The van der Waals surface area contributed by atoms with Gasteiger partial charge in [-0.05, 0) is 43.9 Å². The van der Waals surface area contributed by atoms with Crippen LogP contribution >= 0.6 is 0 Å². The van der Waals surface area contributed by atoms with E-state index in [1.165, 1.54) is 64.2 Å². The number of methoxy groups -OCH3 is 1. The molecule has 3 aliphatic rings. The van der Waals surface area contributed by atoms with Crippen molar-refractivity contribution in [2.24, 2.45) is 11.8 Å². The van der Waals surface area contributed by atoms with Crippen molar-refractivity contribution in [2.75, 3.05) is 7.11 Å². The van der Waals surface area contributed by atoms with Gasteiger partial charge >= 0.3 is 0 Å². The van der Waals surface area contributed by atoms with Crippen LogP contribution in [-0.2, 0) is 9.57 Å². The summed E-state index contributed by atoms with van der Waals surface area (Å²) in [4.78, 5) is 5.94. The van der Waals surface area contributed by atoms with E-state index in [1.54, 1.807) is 7.11 Å². The second-order valence-corrected chi connectivity index (χ2v) is 8.66. The zero-order chi connectivity index (χ0) is 17.5. The molecule has 0 spiro atoms. The predicted octanol–water partition coefficient (Wildman–Crippen LogP) is 5.59. The van der Waals surface area contributed by atoms with Crippen LogP contribution in [0.15, 0.2) is 0 Å². The molecular formula is C21H38NO3-. The molecule has 4 heteroatoms. The third kappa shape index (κ3) is 5.66. The summed E-state index contributed by atoms with van der Waals surface area (Å²) in [5.41, 5.74) is 0. The maximum Gasteiger partial charge on any atom is 0.0806 e. The molecule has 0 N–H and O–H groups in total. The van der Waals surface area contributed by atoms with Crippen LogP contribution in [0.5, 0.6) is 0 Å². The van der Waals surface area contributed by atoms with Crippen LogP contribution in [0.1, 0.15) is 96.3 Å². The zero-order valence-electron chi connectivity index (χ0n) is 16.2. The fourth-order valence-corrected chi connectivity index (χ4v) is 5.50. The highest BCUT2D eigenvalue weighted by Gasteiger charge is 2.34.